The molecule has 1 heterocycles. The molecule has 26 heavy (non-hydrogen) atoms. The Balaban J connectivity index is 1.72. The van der Waals surface area contributed by atoms with Gasteiger partial charge in [0, 0.05) is 59.1 Å². The maximum Gasteiger partial charge on any atom is 0.236 e. The number of hydrogen-bond donors (Lipinski definition) is 1. The van der Waals surface area contributed by atoms with Crippen LogP contribution in [0.25, 0.3) is 0 Å². The molecule has 7 nitrogen and oxygen atoms in total. The summed E-state index contributed by atoms with van der Waals surface area (Å²) in [7, 11) is 7.03. The van der Waals surface area contributed by atoms with Crippen molar-refractivity contribution in [1.82, 2.24) is 14.7 Å². The van der Waals surface area contributed by atoms with Gasteiger partial charge in [0.25, 0.3) is 0 Å². The Labute approximate surface area is 156 Å². The molecule has 0 bridgehead atoms. The lowest BCUT2D eigenvalue weighted by Gasteiger charge is -2.37. The van der Waals surface area contributed by atoms with Gasteiger partial charge in [0.2, 0.25) is 5.91 Å². The van der Waals surface area contributed by atoms with Crippen molar-refractivity contribution >= 4 is 11.6 Å². The van der Waals surface area contributed by atoms with E-state index in [1.807, 2.05) is 24.1 Å². The second-order valence-corrected chi connectivity index (χ2v) is 7.12. The Morgan fingerprint density at radius 1 is 1.15 bits per heavy atom. The number of carbonyl (C=O) groups excluding carboxylic acids is 1. The van der Waals surface area contributed by atoms with E-state index in [-0.39, 0.29) is 5.91 Å². The van der Waals surface area contributed by atoms with Crippen LogP contribution < -0.4 is 9.64 Å². The Hall–Kier alpha value is -1.83. The average molecular weight is 364 g/mol. The number of ether oxygens (including phenoxy) is 1. The normalized spacial score (nSPS) is 16.6. The summed E-state index contributed by atoms with van der Waals surface area (Å²) in [6.07, 6.45) is -0.456. The number of aliphatic hydroxyl groups excluding tert-OH is 1. The van der Waals surface area contributed by atoms with Crippen LogP contribution in [-0.2, 0) is 4.79 Å². The number of hydrogen-bond acceptors (Lipinski definition) is 6. The summed E-state index contributed by atoms with van der Waals surface area (Å²) < 4.78 is 5.20. The molecule has 0 saturated carbocycles. The SMILES string of the molecule is COc1ccc(N2CCN(C[C@@H](O)CN(C)CC(=O)N(C)C)CC2)cc1. The summed E-state index contributed by atoms with van der Waals surface area (Å²) in [4.78, 5) is 19.8. The fourth-order valence-electron chi connectivity index (χ4n) is 3.13. The lowest BCUT2D eigenvalue weighted by molar-refractivity contribution is -0.129. The minimum absolute atomic E-state index is 0.0489. The highest BCUT2D eigenvalue weighted by molar-refractivity contribution is 5.77. The molecule has 1 fully saturated rings. The molecule has 1 aliphatic heterocycles. The Morgan fingerprint density at radius 3 is 2.31 bits per heavy atom. The molecule has 1 aromatic carbocycles. The molecule has 0 spiro atoms. The second-order valence-electron chi connectivity index (χ2n) is 7.12. The molecule has 1 N–H and O–H groups in total. The van der Waals surface area contributed by atoms with E-state index in [0.29, 0.717) is 19.6 Å². The van der Waals surface area contributed by atoms with Crippen LogP contribution in [0.2, 0.25) is 0 Å². The molecule has 1 amide bonds. The highest BCUT2D eigenvalue weighted by Gasteiger charge is 2.20. The van der Waals surface area contributed by atoms with E-state index in [2.05, 4.69) is 21.9 Å². The van der Waals surface area contributed by atoms with Gasteiger partial charge in [-0.15, -0.1) is 0 Å². The number of nitrogens with zero attached hydrogens (tertiary/aromatic N) is 4. The van der Waals surface area contributed by atoms with Crippen LogP contribution in [0.5, 0.6) is 5.75 Å². The molecule has 2 rings (SSSR count). The number of methoxy groups -OCH3 is 1. The summed E-state index contributed by atoms with van der Waals surface area (Å²) in [6.45, 7) is 5.18. The van der Waals surface area contributed by atoms with Gasteiger partial charge in [-0.25, -0.2) is 0 Å². The van der Waals surface area contributed by atoms with Crippen LogP contribution in [0, 0.1) is 0 Å². The zero-order chi connectivity index (χ0) is 19.1. The molecule has 1 saturated heterocycles. The standard InChI is InChI=1S/C19H32N4O3/c1-20(2)19(25)15-21(3)13-17(24)14-22-9-11-23(12-10-22)16-5-7-18(26-4)8-6-16/h5-8,17,24H,9-15H2,1-4H3/t17-/m0/s1. The minimum Gasteiger partial charge on any atom is -0.497 e. The summed E-state index contributed by atoms with van der Waals surface area (Å²) in [5.74, 6) is 0.917. The fraction of sp³-hybridized carbons (Fsp3) is 0.632. The molecular formula is C19H32N4O3. The van der Waals surface area contributed by atoms with Gasteiger partial charge >= 0.3 is 0 Å². The molecule has 0 aliphatic carbocycles. The van der Waals surface area contributed by atoms with Crippen molar-refractivity contribution in [2.45, 2.75) is 6.10 Å². The van der Waals surface area contributed by atoms with Gasteiger partial charge in [-0.2, -0.15) is 0 Å². The van der Waals surface area contributed by atoms with Crippen molar-refractivity contribution in [1.29, 1.82) is 0 Å². The number of aliphatic hydroxyl groups is 1. The molecule has 7 heteroatoms. The van der Waals surface area contributed by atoms with Crippen LogP contribution in [0.3, 0.4) is 0 Å². The maximum absolute atomic E-state index is 11.7. The van der Waals surface area contributed by atoms with Crippen LogP contribution >= 0.6 is 0 Å². The summed E-state index contributed by atoms with van der Waals surface area (Å²) in [5, 5.41) is 10.3. The average Bonchev–Trinajstić information content (AvgIpc) is 2.62. The van der Waals surface area contributed by atoms with Crippen molar-refractivity contribution in [3.05, 3.63) is 24.3 Å². The zero-order valence-electron chi connectivity index (χ0n) is 16.4. The maximum atomic E-state index is 11.7. The van der Waals surface area contributed by atoms with Crippen LogP contribution in [0.4, 0.5) is 5.69 Å². The predicted molar refractivity (Wildman–Crippen MR) is 104 cm³/mol. The third-order valence-electron chi connectivity index (χ3n) is 4.71. The highest BCUT2D eigenvalue weighted by atomic mass is 16.5. The number of piperazine rings is 1. The topological polar surface area (TPSA) is 59.5 Å². The van der Waals surface area contributed by atoms with E-state index in [9.17, 15) is 9.90 Å². The number of rotatable bonds is 8. The van der Waals surface area contributed by atoms with E-state index in [1.165, 1.54) is 5.69 Å². The van der Waals surface area contributed by atoms with Crippen LogP contribution in [-0.4, -0.2) is 106 Å². The third kappa shape index (κ3) is 6.16. The molecule has 1 aliphatic rings. The number of likely N-dealkylation sites (N-methyl/N-ethyl adjacent to an activating group) is 2. The van der Waals surface area contributed by atoms with Gasteiger partial charge in [-0.05, 0) is 31.3 Å². The number of carbonyl (C=O) groups is 1. The first-order chi connectivity index (χ1) is 12.4. The van der Waals surface area contributed by atoms with Crippen molar-refractivity contribution in [2.24, 2.45) is 0 Å². The highest BCUT2D eigenvalue weighted by Crippen LogP contribution is 2.20. The first kappa shape index (κ1) is 20.5. The quantitative estimate of drug-likeness (QED) is 0.711. The van der Waals surface area contributed by atoms with E-state index >= 15 is 0 Å². The van der Waals surface area contributed by atoms with Gasteiger partial charge in [0.1, 0.15) is 5.75 Å². The zero-order valence-corrected chi connectivity index (χ0v) is 16.4. The van der Waals surface area contributed by atoms with E-state index in [4.69, 9.17) is 4.74 Å². The fourth-order valence-corrected chi connectivity index (χ4v) is 3.13. The Morgan fingerprint density at radius 2 is 1.77 bits per heavy atom. The number of anilines is 1. The van der Waals surface area contributed by atoms with Crippen LogP contribution in [0.15, 0.2) is 24.3 Å². The number of amides is 1. The molecule has 146 valence electrons. The van der Waals surface area contributed by atoms with E-state index in [1.54, 1.807) is 26.1 Å². The van der Waals surface area contributed by atoms with Crippen LogP contribution in [0.1, 0.15) is 0 Å². The number of β-amino-alcohol motifs (C(OH)–C–C–N with tert-alkyl or cyclic N) is 1. The van der Waals surface area contributed by atoms with Gasteiger partial charge < -0.3 is 19.6 Å². The van der Waals surface area contributed by atoms with Gasteiger partial charge in [0.15, 0.2) is 0 Å². The van der Waals surface area contributed by atoms with Crippen molar-refractivity contribution in [3.8, 4) is 5.75 Å². The van der Waals surface area contributed by atoms with Crippen molar-refractivity contribution in [2.75, 3.05) is 79.0 Å². The number of benzene rings is 1. The molecule has 0 aromatic heterocycles. The van der Waals surface area contributed by atoms with Crippen molar-refractivity contribution < 1.29 is 14.6 Å². The first-order valence-corrected chi connectivity index (χ1v) is 9.07. The summed E-state index contributed by atoms with van der Waals surface area (Å²) >= 11 is 0. The molecule has 1 aromatic rings. The van der Waals surface area contributed by atoms with E-state index in [0.717, 1.165) is 31.9 Å². The first-order valence-electron chi connectivity index (χ1n) is 9.07. The minimum atomic E-state index is -0.456. The Bertz CT molecular complexity index is 556. The van der Waals surface area contributed by atoms with E-state index < -0.39 is 6.10 Å². The predicted octanol–water partition coefficient (Wildman–Crippen LogP) is 0.198. The molecule has 0 unspecified atom stereocenters. The smallest absolute Gasteiger partial charge is 0.236 e. The lowest BCUT2D eigenvalue weighted by Crippen LogP contribution is -2.50. The molecule has 0 radical (unpaired) electrons. The monoisotopic (exact) mass is 364 g/mol. The van der Waals surface area contributed by atoms with Gasteiger partial charge in [-0.1, -0.05) is 0 Å². The Kier molecular flexibility index (Phi) is 7.68. The van der Waals surface area contributed by atoms with Gasteiger partial charge in [0.05, 0.1) is 19.8 Å². The second kappa shape index (κ2) is 9.75. The summed E-state index contributed by atoms with van der Waals surface area (Å²) in [5.41, 5.74) is 1.20. The lowest BCUT2D eigenvalue weighted by atomic mass is 10.2. The summed E-state index contributed by atoms with van der Waals surface area (Å²) in [6, 6.07) is 8.13. The van der Waals surface area contributed by atoms with Crippen molar-refractivity contribution in [3.63, 3.8) is 0 Å². The molecule has 1 atom stereocenters. The molecular weight excluding hydrogens is 332 g/mol. The largest absolute Gasteiger partial charge is 0.497 e. The third-order valence-corrected chi connectivity index (χ3v) is 4.71. The van der Waals surface area contributed by atoms with Gasteiger partial charge in [-0.3, -0.25) is 14.6 Å².